The topological polar surface area (TPSA) is 32.8 Å². The van der Waals surface area contributed by atoms with Gasteiger partial charge in [0.05, 0.1) is 0 Å². The van der Waals surface area contributed by atoms with Gasteiger partial charge in [-0.05, 0) is 82.8 Å². The van der Waals surface area contributed by atoms with Gasteiger partial charge in [0.1, 0.15) is 5.60 Å². The van der Waals surface area contributed by atoms with Crippen molar-refractivity contribution >= 4 is 6.09 Å². The number of likely N-dealkylation sites (tertiary alicyclic amines) is 1. The quantitative estimate of drug-likeness (QED) is 0.826. The van der Waals surface area contributed by atoms with Crippen molar-refractivity contribution in [3.05, 3.63) is 34.9 Å². The van der Waals surface area contributed by atoms with Crippen LogP contribution in [0.3, 0.4) is 0 Å². The molecule has 2 heterocycles. The van der Waals surface area contributed by atoms with Gasteiger partial charge in [0.15, 0.2) is 0 Å². The number of ether oxygens (including phenoxy) is 1. The van der Waals surface area contributed by atoms with E-state index in [0.29, 0.717) is 13.1 Å². The Hall–Kier alpha value is -1.55. The maximum atomic E-state index is 12.4. The molecule has 0 spiro atoms. The number of rotatable bonds is 2. The Morgan fingerprint density at radius 2 is 1.92 bits per heavy atom. The molecule has 2 aliphatic rings. The van der Waals surface area contributed by atoms with Gasteiger partial charge >= 0.3 is 6.09 Å². The zero-order chi connectivity index (χ0) is 17.3. The van der Waals surface area contributed by atoms with Crippen molar-refractivity contribution in [2.75, 3.05) is 20.1 Å². The first kappa shape index (κ1) is 17.3. The summed E-state index contributed by atoms with van der Waals surface area (Å²) in [5.41, 5.74) is 3.62. The average molecular weight is 330 g/mol. The minimum atomic E-state index is -0.442. The fraction of sp³-hybridized carbons (Fsp3) is 0.650. The molecule has 1 saturated heterocycles. The largest absolute Gasteiger partial charge is 0.444 e. The zero-order valence-corrected chi connectivity index (χ0v) is 15.5. The first-order chi connectivity index (χ1) is 11.3. The molecule has 1 fully saturated rings. The molecule has 4 nitrogen and oxygen atoms in total. The number of fused-ring (bicyclic) bond motifs is 1. The van der Waals surface area contributed by atoms with Gasteiger partial charge in [-0.3, -0.25) is 4.90 Å². The molecule has 0 radical (unpaired) electrons. The monoisotopic (exact) mass is 330 g/mol. The van der Waals surface area contributed by atoms with Gasteiger partial charge in [-0.1, -0.05) is 18.2 Å². The summed E-state index contributed by atoms with van der Waals surface area (Å²) in [6.45, 7) is 9.50. The van der Waals surface area contributed by atoms with Crippen LogP contribution in [0.1, 0.15) is 50.3 Å². The van der Waals surface area contributed by atoms with E-state index in [4.69, 9.17) is 4.74 Å². The first-order valence-electron chi connectivity index (χ1n) is 9.08. The van der Waals surface area contributed by atoms with Crippen LogP contribution in [-0.2, 0) is 24.2 Å². The SMILES string of the molecule is CN1CCC(Cc2cccc3c2CN(C(=O)OC(C)(C)C)C3)CC1. The lowest BCUT2D eigenvalue weighted by Crippen LogP contribution is -2.33. The van der Waals surface area contributed by atoms with E-state index in [9.17, 15) is 4.79 Å². The maximum absolute atomic E-state index is 12.4. The number of hydrogen-bond acceptors (Lipinski definition) is 3. The van der Waals surface area contributed by atoms with Gasteiger partial charge in [0, 0.05) is 13.1 Å². The molecule has 4 heteroatoms. The summed E-state index contributed by atoms with van der Waals surface area (Å²) in [6, 6.07) is 6.54. The fourth-order valence-electron chi connectivity index (χ4n) is 3.72. The van der Waals surface area contributed by atoms with Crippen LogP contribution in [0.2, 0.25) is 0 Å². The van der Waals surface area contributed by atoms with E-state index in [1.807, 2.05) is 25.7 Å². The molecule has 0 aromatic heterocycles. The molecule has 2 aliphatic heterocycles. The Morgan fingerprint density at radius 1 is 1.21 bits per heavy atom. The molecule has 1 amide bonds. The fourth-order valence-corrected chi connectivity index (χ4v) is 3.72. The lowest BCUT2D eigenvalue weighted by atomic mass is 9.88. The smallest absolute Gasteiger partial charge is 0.410 e. The highest BCUT2D eigenvalue weighted by Gasteiger charge is 2.29. The summed E-state index contributed by atoms with van der Waals surface area (Å²) < 4.78 is 5.54. The highest BCUT2D eigenvalue weighted by Crippen LogP contribution is 2.30. The molecule has 0 atom stereocenters. The van der Waals surface area contributed by atoms with Crippen LogP contribution in [0.25, 0.3) is 0 Å². The third kappa shape index (κ3) is 4.10. The molecular formula is C20H30N2O2. The third-order valence-corrected chi connectivity index (χ3v) is 5.08. The number of carbonyl (C=O) groups is 1. The van der Waals surface area contributed by atoms with Crippen molar-refractivity contribution in [1.82, 2.24) is 9.80 Å². The van der Waals surface area contributed by atoms with Crippen molar-refractivity contribution in [2.45, 2.75) is 58.7 Å². The summed E-state index contributed by atoms with van der Waals surface area (Å²) in [5, 5.41) is 0. The Bertz CT molecular complexity index is 598. The van der Waals surface area contributed by atoms with Crippen molar-refractivity contribution < 1.29 is 9.53 Å². The van der Waals surface area contributed by atoms with Crippen molar-refractivity contribution in [3.63, 3.8) is 0 Å². The van der Waals surface area contributed by atoms with Crippen LogP contribution >= 0.6 is 0 Å². The number of carbonyl (C=O) groups excluding carboxylic acids is 1. The Morgan fingerprint density at radius 3 is 2.58 bits per heavy atom. The second-order valence-electron chi connectivity index (χ2n) is 8.34. The maximum Gasteiger partial charge on any atom is 0.410 e. The highest BCUT2D eigenvalue weighted by molar-refractivity contribution is 5.69. The summed E-state index contributed by atoms with van der Waals surface area (Å²) >= 11 is 0. The minimum Gasteiger partial charge on any atom is -0.444 e. The standard InChI is InChI=1S/C20H30N2O2/c1-20(2,3)24-19(23)22-13-17-7-5-6-16(18(17)14-22)12-15-8-10-21(4)11-9-15/h5-7,15H,8-14H2,1-4H3. The highest BCUT2D eigenvalue weighted by atomic mass is 16.6. The van der Waals surface area contributed by atoms with E-state index in [2.05, 4.69) is 30.1 Å². The molecule has 0 unspecified atom stereocenters. The minimum absolute atomic E-state index is 0.205. The Labute approximate surface area is 145 Å². The summed E-state index contributed by atoms with van der Waals surface area (Å²) in [7, 11) is 2.20. The lowest BCUT2D eigenvalue weighted by Gasteiger charge is -2.29. The molecule has 0 aliphatic carbocycles. The van der Waals surface area contributed by atoms with E-state index >= 15 is 0 Å². The first-order valence-corrected chi connectivity index (χ1v) is 9.08. The number of piperidine rings is 1. The summed E-state index contributed by atoms with van der Waals surface area (Å²) in [6.07, 6.45) is 3.48. The van der Waals surface area contributed by atoms with Gasteiger partial charge in [-0.2, -0.15) is 0 Å². The van der Waals surface area contributed by atoms with Crippen LogP contribution in [0.15, 0.2) is 18.2 Å². The molecule has 1 aromatic carbocycles. The van der Waals surface area contributed by atoms with E-state index < -0.39 is 5.60 Å². The molecular weight excluding hydrogens is 300 g/mol. The normalized spacial score (nSPS) is 19.4. The summed E-state index contributed by atoms with van der Waals surface area (Å²) in [5.74, 6) is 0.767. The molecule has 1 aromatic rings. The average Bonchev–Trinajstić information content (AvgIpc) is 2.93. The number of nitrogens with zero attached hydrogens (tertiary/aromatic N) is 2. The van der Waals surface area contributed by atoms with E-state index in [-0.39, 0.29) is 6.09 Å². The van der Waals surface area contributed by atoms with E-state index in [1.165, 1.54) is 42.6 Å². The number of hydrogen-bond donors (Lipinski definition) is 0. The van der Waals surface area contributed by atoms with Gasteiger partial charge < -0.3 is 9.64 Å². The third-order valence-electron chi connectivity index (χ3n) is 5.08. The zero-order valence-electron chi connectivity index (χ0n) is 15.5. The van der Waals surface area contributed by atoms with Crippen molar-refractivity contribution in [2.24, 2.45) is 5.92 Å². The number of amides is 1. The lowest BCUT2D eigenvalue weighted by molar-refractivity contribution is 0.0241. The Balaban J connectivity index is 1.67. The van der Waals surface area contributed by atoms with Crippen molar-refractivity contribution in [1.29, 1.82) is 0 Å². The second kappa shape index (κ2) is 6.75. The molecule has 0 N–H and O–H groups in total. The van der Waals surface area contributed by atoms with E-state index in [0.717, 1.165) is 12.3 Å². The van der Waals surface area contributed by atoms with Gasteiger partial charge in [-0.15, -0.1) is 0 Å². The van der Waals surface area contributed by atoms with Crippen LogP contribution in [0.4, 0.5) is 4.79 Å². The van der Waals surface area contributed by atoms with Crippen LogP contribution in [0.5, 0.6) is 0 Å². The van der Waals surface area contributed by atoms with Crippen LogP contribution < -0.4 is 0 Å². The predicted molar refractivity (Wildman–Crippen MR) is 95.8 cm³/mol. The molecule has 24 heavy (non-hydrogen) atoms. The predicted octanol–water partition coefficient (Wildman–Crippen LogP) is 3.82. The molecule has 0 saturated carbocycles. The van der Waals surface area contributed by atoms with E-state index in [1.54, 1.807) is 0 Å². The van der Waals surface area contributed by atoms with Gasteiger partial charge in [-0.25, -0.2) is 4.79 Å². The van der Waals surface area contributed by atoms with Crippen molar-refractivity contribution in [3.8, 4) is 0 Å². The number of benzene rings is 1. The Kier molecular flexibility index (Phi) is 4.86. The van der Waals surface area contributed by atoms with Crippen LogP contribution in [0, 0.1) is 5.92 Å². The summed E-state index contributed by atoms with van der Waals surface area (Å²) in [4.78, 5) is 16.6. The van der Waals surface area contributed by atoms with Crippen LogP contribution in [-0.4, -0.2) is 41.6 Å². The van der Waals surface area contributed by atoms with Gasteiger partial charge in [0.25, 0.3) is 0 Å². The van der Waals surface area contributed by atoms with Gasteiger partial charge in [0.2, 0.25) is 0 Å². The molecule has 0 bridgehead atoms. The molecule has 132 valence electrons. The molecule has 3 rings (SSSR count). The second-order valence-corrected chi connectivity index (χ2v) is 8.34.